The number of hydrogen-bond acceptors (Lipinski definition) is 6. The molecule has 3 atom stereocenters. The number of phosphoric ester groups is 1. The number of amides is 1. The molecule has 90 heavy (non-hydrogen) atoms. The maximum absolute atomic E-state index is 13.7. The minimum absolute atomic E-state index is 0.0382. The quantitative estimate of drug-likeness (QED) is 0.0205. The van der Waals surface area contributed by atoms with Gasteiger partial charge in [0.15, 0.2) is 0 Å². The van der Waals surface area contributed by atoms with E-state index in [0.717, 1.165) is 83.5 Å². The van der Waals surface area contributed by atoms with Crippen LogP contribution in [0.2, 0.25) is 0 Å². The average molecular weight is 1280 g/mol. The van der Waals surface area contributed by atoms with E-state index < -0.39 is 20.0 Å². The summed E-state index contributed by atoms with van der Waals surface area (Å²) < 4.78 is 30.9. The summed E-state index contributed by atoms with van der Waals surface area (Å²) in [6, 6.07) is -0.854. The molecule has 0 spiro atoms. The number of likely N-dealkylation sites (N-methyl/N-ethyl adjacent to an activating group) is 1. The van der Waals surface area contributed by atoms with Gasteiger partial charge in [-0.1, -0.05) is 324 Å². The van der Waals surface area contributed by atoms with Gasteiger partial charge in [0.25, 0.3) is 0 Å². The van der Waals surface area contributed by atoms with Crippen LogP contribution in [0.25, 0.3) is 0 Å². The van der Waals surface area contributed by atoms with E-state index in [1.807, 2.05) is 33.3 Å². The Kier molecular flexibility index (Phi) is 66.9. The number of rotatable bonds is 70. The van der Waals surface area contributed by atoms with Crippen molar-refractivity contribution >= 4 is 19.7 Å². The minimum atomic E-state index is -4.46. The number of carbonyl (C=O) groups excluding carboxylic acids is 2. The van der Waals surface area contributed by atoms with E-state index in [1.165, 1.54) is 244 Å². The third kappa shape index (κ3) is 69.5. The van der Waals surface area contributed by atoms with Crippen LogP contribution in [0, 0.1) is 0 Å². The number of carbonyl (C=O) groups is 2. The number of nitrogens with one attached hydrogen (secondary N) is 1. The fraction of sp³-hybridized carbons (Fsp3) is 0.800. The van der Waals surface area contributed by atoms with Gasteiger partial charge in [-0.05, 0) is 109 Å². The number of ether oxygens (including phenoxy) is 1. The first kappa shape index (κ1) is 87.2. The average Bonchev–Trinajstić information content (AvgIpc) is 3.04. The molecule has 1 amide bonds. The summed E-state index contributed by atoms with van der Waals surface area (Å²) >= 11 is 0. The molecular weight excluding hydrogens is 1130 g/mol. The lowest BCUT2D eigenvalue weighted by Crippen LogP contribution is -2.47. The SMILES string of the molecule is CCCCC/C=C\C/C=C\C/C=C\C/C=C\CCCCCCCCCCCCCC(=O)NC(COP(=O)(O)OCC[N+](C)(C)C)C(/C=C/CCCCCCCCCCCC)OC(=O)CCCCCCCCCCCCCCCCC/C=C\C/C=C\CCCCC. The number of allylic oxidation sites excluding steroid dienone is 13. The minimum Gasteiger partial charge on any atom is -0.456 e. The third-order valence-electron chi connectivity index (χ3n) is 17.1. The molecule has 0 aliphatic carbocycles. The van der Waals surface area contributed by atoms with Crippen LogP contribution in [-0.2, 0) is 27.9 Å². The molecule has 0 bridgehead atoms. The smallest absolute Gasteiger partial charge is 0.456 e. The van der Waals surface area contributed by atoms with E-state index in [1.54, 1.807) is 0 Å². The third-order valence-corrected chi connectivity index (χ3v) is 18.0. The Labute approximate surface area is 558 Å². The van der Waals surface area contributed by atoms with E-state index in [0.29, 0.717) is 23.9 Å². The summed E-state index contributed by atoms with van der Waals surface area (Å²) in [6.45, 7) is 7.00. The fourth-order valence-electron chi connectivity index (χ4n) is 11.1. The van der Waals surface area contributed by atoms with Gasteiger partial charge >= 0.3 is 13.8 Å². The molecule has 0 aromatic heterocycles. The second-order valence-corrected chi connectivity index (χ2v) is 28.6. The zero-order chi connectivity index (χ0) is 65.6. The summed E-state index contributed by atoms with van der Waals surface area (Å²) in [5.41, 5.74) is 0. The predicted octanol–water partition coefficient (Wildman–Crippen LogP) is 24.9. The Bertz CT molecular complexity index is 1810. The van der Waals surface area contributed by atoms with Crippen LogP contribution in [-0.4, -0.2) is 74.3 Å². The lowest BCUT2D eigenvalue weighted by atomic mass is 10.0. The van der Waals surface area contributed by atoms with Crippen LogP contribution in [0.3, 0.4) is 0 Å². The van der Waals surface area contributed by atoms with Crippen LogP contribution >= 0.6 is 7.82 Å². The van der Waals surface area contributed by atoms with Gasteiger partial charge in [0.2, 0.25) is 5.91 Å². The molecule has 0 aromatic carbocycles. The van der Waals surface area contributed by atoms with E-state index in [2.05, 4.69) is 99.0 Å². The fourth-order valence-corrected chi connectivity index (χ4v) is 11.9. The molecule has 0 aliphatic heterocycles. The maximum Gasteiger partial charge on any atom is 0.472 e. The van der Waals surface area contributed by atoms with Gasteiger partial charge in [0, 0.05) is 12.8 Å². The van der Waals surface area contributed by atoms with Crippen molar-refractivity contribution in [3.8, 4) is 0 Å². The molecule has 0 heterocycles. The molecule has 0 radical (unpaired) electrons. The van der Waals surface area contributed by atoms with E-state index in [-0.39, 0.29) is 25.1 Å². The van der Waals surface area contributed by atoms with Crippen LogP contribution in [0.1, 0.15) is 361 Å². The first-order chi connectivity index (χ1) is 43.9. The highest BCUT2D eigenvalue weighted by Gasteiger charge is 2.30. The maximum atomic E-state index is 13.7. The van der Waals surface area contributed by atoms with Gasteiger partial charge in [-0.3, -0.25) is 18.6 Å². The number of quaternary nitrogens is 1. The van der Waals surface area contributed by atoms with E-state index in [9.17, 15) is 19.0 Å². The van der Waals surface area contributed by atoms with Crippen molar-refractivity contribution in [2.45, 2.75) is 373 Å². The normalized spacial score (nSPS) is 13.9. The molecular formula is C80H148N2O7P+. The molecule has 524 valence electrons. The Morgan fingerprint density at radius 1 is 0.389 bits per heavy atom. The summed E-state index contributed by atoms with van der Waals surface area (Å²) in [7, 11) is 1.50. The van der Waals surface area contributed by atoms with Gasteiger partial charge in [-0.15, -0.1) is 0 Å². The molecule has 10 heteroatoms. The zero-order valence-electron chi connectivity index (χ0n) is 60.1. The van der Waals surface area contributed by atoms with Crippen molar-refractivity contribution in [3.63, 3.8) is 0 Å². The summed E-state index contributed by atoms with van der Waals surface area (Å²) in [5, 5.41) is 3.08. The topological polar surface area (TPSA) is 111 Å². The molecule has 2 N–H and O–H groups in total. The molecule has 0 fully saturated rings. The second-order valence-electron chi connectivity index (χ2n) is 27.2. The standard InChI is InChI=1S/C80H147N2O7P/c1-7-10-13-16-19-22-25-28-30-32-34-36-38-40-41-43-44-46-48-50-52-54-57-60-63-66-69-72-79(83)81-77(76-88-90(85,86)87-75-74-82(4,5)6)78(71-68-65-62-59-56-27-24-21-18-15-12-9-3)89-80(84)73-70-67-64-61-58-55-53-51-49-47-45-42-39-37-35-33-31-29-26-23-20-17-14-11-8-2/h19-20,22-23,28-31,34,36,40-41,68,71,77-78H,7-18,21,24-27,32-33,35,37-39,42-67,69-70,72-76H2,1-6H3,(H-,81,83,85,86)/p+1/b22-19-,23-20-,30-28-,31-29-,36-34-,41-40-,71-68+. The number of nitrogens with zero attached hydrogens (tertiary/aromatic N) is 1. The lowest BCUT2D eigenvalue weighted by molar-refractivity contribution is -0.870. The van der Waals surface area contributed by atoms with Crippen molar-refractivity contribution in [1.29, 1.82) is 0 Å². The lowest BCUT2D eigenvalue weighted by Gasteiger charge is -2.27. The Hall–Kier alpha value is -2.81. The largest absolute Gasteiger partial charge is 0.472 e. The highest BCUT2D eigenvalue weighted by molar-refractivity contribution is 7.47. The summed E-state index contributed by atoms with van der Waals surface area (Å²) in [4.78, 5) is 38.0. The highest BCUT2D eigenvalue weighted by atomic mass is 31.2. The van der Waals surface area contributed by atoms with Gasteiger partial charge in [-0.25, -0.2) is 4.57 Å². The van der Waals surface area contributed by atoms with Crippen molar-refractivity contribution in [2.75, 3.05) is 40.9 Å². The zero-order valence-corrected chi connectivity index (χ0v) is 61.0. The van der Waals surface area contributed by atoms with Crippen molar-refractivity contribution < 1.29 is 37.3 Å². The molecule has 3 unspecified atom stereocenters. The summed E-state index contributed by atoms with van der Waals surface area (Å²) in [5.74, 6) is -0.497. The number of unbranched alkanes of at least 4 members (excludes halogenated alkanes) is 42. The predicted molar refractivity (Wildman–Crippen MR) is 392 cm³/mol. The molecule has 0 rings (SSSR count). The monoisotopic (exact) mass is 1280 g/mol. The Morgan fingerprint density at radius 3 is 1.03 bits per heavy atom. The number of hydrogen-bond donors (Lipinski definition) is 2. The van der Waals surface area contributed by atoms with Crippen molar-refractivity contribution in [3.05, 3.63) is 85.1 Å². The summed E-state index contributed by atoms with van der Waals surface area (Å²) in [6.07, 6.45) is 93.2. The van der Waals surface area contributed by atoms with Crippen LogP contribution < -0.4 is 5.32 Å². The van der Waals surface area contributed by atoms with Crippen molar-refractivity contribution in [2.24, 2.45) is 0 Å². The van der Waals surface area contributed by atoms with Crippen LogP contribution in [0.15, 0.2) is 85.1 Å². The molecule has 0 aromatic rings. The van der Waals surface area contributed by atoms with E-state index >= 15 is 0 Å². The van der Waals surface area contributed by atoms with Crippen LogP contribution in [0.5, 0.6) is 0 Å². The van der Waals surface area contributed by atoms with Gasteiger partial charge < -0.3 is 19.4 Å². The Morgan fingerprint density at radius 2 is 0.678 bits per heavy atom. The van der Waals surface area contributed by atoms with Gasteiger partial charge in [0.1, 0.15) is 19.3 Å². The molecule has 9 nitrogen and oxygen atoms in total. The van der Waals surface area contributed by atoms with Gasteiger partial charge in [0.05, 0.1) is 33.8 Å². The second kappa shape index (κ2) is 69.0. The number of esters is 1. The van der Waals surface area contributed by atoms with Gasteiger partial charge in [-0.2, -0.15) is 0 Å². The first-order valence-corrected chi connectivity index (χ1v) is 39.9. The molecule has 0 aliphatic rings. The Balaban J connectivity index is 4.97. The van der Waals surface area contributed by atoms with E-state index in [4.69, 9.17) is 13.8 Å². The first-order valence-electron chi connectivity index (χ1n) is 38.4. The van der Waals surface area contributed by atoms with Crippen molar-refractivity contribution in [1.82, 2.24) is 5.32 Å². The molecule has 0 saturated carbocycles. The highest BCUT2D eigenvalue weighted by Crippen LogP contribution is 2.43. The number of phosphoric acid groups is 1. The van der Waals surface area contributed by atoms with Crippen LogP contribution in [0.4, 0.5) is 0 Å². The molecule has 0 saturated heterocycles.